The highest BCUT2D eigenvalue weighted by Crippen LogP contribution is 2.25. The van der Waals surface area contributed by atoms with Crippen LogP contribution in [0.3, 0.4) is 0 Å². The van der Waals surface area contributed by atoms with Crippen molar-refractivity contribution in [3.05, 3.63) is 54.1 Å². The molecule has 1 aromatic heterocycles. The van der Waals surface area contributed by atoms with Crippen molar-refractivity contribution in [2.24, 2.45) is 0 Å². The van der Waals surface area contributed by atoms with Gasteiger partial charge in [0.2, 0.25) is 0 Å². The van der Waals surface area contributed by atoms with Crippen LogP contribution in [0.4, 0.5) is 0 Å². The molecule has 23 heavy (non-hydrogen) atoms. The van der Waals surface area contributed by atoms with Crippen molar-refractivity contribution in [2.45, 2.75) is 32.6 Å². The number of hydrogen-bond acceptors (Lipinski definition) is 3. The molecular formula is C19H21BO3. The predicted molar refractivity (Wildman–Crippen MR) is 94.7 cm³/mol. The average molecular weight is 308 g/mol. The molecule has 0 atom stereocenters. The second kappa shape index (κ2) is 7.03. The van der Waals surface area contributed by atoms with Crippen molar-refractivity contribution < 1.29 is 14.5 Å². The summed E-state index contributed by atoms with van der Waals surface area (Å²) in [7, 11) is -1.58. The Kier molecular flexibility index (Phi) is 4.84. The van der Waals surface area contributed by atoms with E-state index in [-0.39, 0.29) is 5.66 Å². The molecular weight excluding hydrogens is 287 g/mol. The van der Waals surface area contributed by atoms with E-state index in [0.717, 1.165) is 22.9 Å². The number of furan rings is 1. The van der Waals surface area contributed by atoms with Crippen LogP contribution in [0.25, 0.3) is 22.1 Å². The summed E-state index contributed by atoms with van der Waals surface area (Å²) in [6.07, 6.45) is 4.89. The Morgan fingerprint density at radius 2 is 1.65 bits per heavy atom. The maximum Gasteiger partial charge on any atom is 0.526 e. The number of fused-ring (bicyclic) bond motifs is 1. The van der Waals surface area contributed by atoms with Gasteiger partial charge in [-0.1, -0.05) is 50.1 Å². The first-order valence-electron chi connectivity index (χ1n) is 8.16. The van der Waals surface area contributed by atoms with E-state index in [1.165, 1.54) is 24.8 Å². The summed E-state index contributed by atoms with van der Waals surface area (Å²) in [5.41, 5.74) is 4.45. The van der Waals surface area contributed by atoms with E-state index >= 15 is 0 Å². The van der Waals surface area contributed by atoms with Gasteiger partial charge in [-0.2, -0.15) is 0 Å². The molecule has 0 aliphatic heterocycles. The van der Waals surface area contributed by atoms with Gasteiger partial charge in [0.25, 0.3) is 0 Å². The van der Waals surface area contributed by atoms with Gasteiger partial charge in [0.15, 0.2) is 0 Å². The fourth-order valence-corrected chi connectivity index (χ4v) is 2.81. The van der Waals surface area contributed by atoms with Crippen LogP contribution in [-0.2, 0) is 6.42 Å². The Morgan fingerprint density at radius 1 is 0.913 bits per heavy atom. The van der Waals surface area contributed by atoms with Crippen molar-refractivity contribution in [3.8, 4) is 11.1 Å². The van der Waals surface area contributed by atoms with Gasteiger partial charge in [0.05, 0.1) is 0 Å². The molecule has 0 bridgehead atoms. The predicted octanol–water partition coefficient (Wildman–Crippen LogP) is 3.51. The first kappa shape index (κ1) is 15.8. The molecule has 118 valence electrons. The van der Waals surface area contributed by atoms with Crippen molar-refractivity contribution >= 4 is 23.7 Å². The quantitative estimate of drug-likeness (QED) is 0.541. The summed E-state index contributed by atoms with van der Waals surface area (Å²) in [5, 5.41) is 19.3. The van der Waals surface area contributed by atoms with Crippen molar-refractivity contribution in [1.82, 2.24) is 0 Å². The van der Waals surface area contributed by atoms with Crippen LogP contribution in [0, 0.1) is 0 Å². The maximum atomic E-state index is 9.19. The molecule has 2 N–H and O–H groups in total. The van der Waals surface area contributed by atoms with E-state index in [1.807, 2.05) is 18.2 Å². The van der Waals surface area contributed by atoms with Gasteiger partial charge in [-0.05, 0) is 47.7 Å². The molecule has 0 radical (unpaired) electrons. The largest absolute Gasteiger partial charge is 0.526 e. The average Bonchev–Trinajstić information content (AvgIpc) is 2.99. The topological polar surface area (TPSA) is 53.6 Å². The van der Waals surface area contributed by atoms with Crippen LogP contribution < -0.4 is 5.66 Å². The van der Waals surface area contributed by atoms with Crippen molar-refractivity contribution in [1.29, 1.82) is 0 Å². The van der Waals surface area contributed by atoms with Gasteiger partial charge in [0, 0.05) is 5.39 Å². The van der Waals surface area contributed by atoms with Crippen molar-refractivity contribution in [2.75, 3.05) is 0 Å². The van der Waals surface area contributed by atoms with Gasteiger partial charge < -0.3 is 14.5 Å². The molecule has 0 unspecified atom stereocenters. The first-order chi connectivity index (χ1) is 11.2. The molecule has 0 aliphatic carbocycles. The van der Waals surface area contributed by atoms with E-state index in [2.05, 4.69) is 31.2 Å². The third kappa shape index (κ3) is 3.66. The molecule has 3 rings (SSSR count). The van der Waals surface area contributed by atoms with Crippen LogP contribution in [0.2, 0.25) is 0 Å². The van der Waals surface area contributed by atoms with E-state index in [0.29, 0.717) is 5.58 Å². The summed E-state index contributed by atoms with van der Waals surface area (Å²) in [5.74, 6) is 0. The highest BCUT2D eigenvalue weighted by atomic mass is 16.4. The first-order valence-corrected chi connectivity index (χ1v) is 8.16. The fourth-order valence-electron chi connectivity index (χ4n) is 2.81. The lowest BCUT2D eigenvalue weighted by Crippen LogP contribution is -2.27. The molecule has 0 spiro atoms. The SMILES string of the molecule is CCCCCc1ccc(-c2ccc3oc(B(O)O)cc3c2)cc1. The molecule has 0 saturated heterocycles. The minimum Gasteiger partial charge on any atom is -0.465 e. The minimum absolute atomic E-state index is 0.170. The van der Waals surface area contributed by atoms with E-state index in [9.17, 15) is 10.0 Å². The summed E-state index contributed by atoms with van der Waals surface area (Å²) in [4.78, 5) is 0. The Morgan fingerprint density at radius 3 is 2.35 bits per heavy atom. The number of aryl methyl sites for hydroxylation is 1. The molecule has 2 aromatic carbocycles. The second-order valence-electron chi connectivity index (χ2n) is 5.93. The summed E-state index contributed by atoms with van der Waals surface area (Å²) < 4.78 is 5.39. The Labute approximate surface area is 136 Å². The lowest BCUT2D eigenvalue weighted by molar-refractivity contribution is 0.412. The Balaban J connectivity index is 1.82. The number of hydrogen-bond donors (Lipinski definition) is 2. The zero-order valence-corrected chi connectivity index (χ0v) is 13.3. The molecule has 4 heteroatoms. The van der Waals surface area contributed by atoms with E-state index in [1.54, 1.807) is 6.07 Å². The van der Waals surface area contributed by atoms with Crippen molar-refractivity contribution in [3.63, 3.8) is 0 Å². The lowest BCUT2D eigenvalue weighted by atomic mass is 9.88. The smallest absolute Gasteiger partial charge is 0.465 e. The summed E-state index contributed by atoms with van der Waals surface area (Å²) in [6, 6.07) is 16.2. The second-order valence-corrected chi connectivity index (χ2v) is 5.93. The summed E-state index contributed by atoms with van der Waals surface area (Å²) in [6.45, 7) is 2.22. The van der Waals surface area contributed by atoms with Crippen LogP contribution in [0.5, 0.6) is 0 Å². The normalized spacial score (nSPS) is 11.1. The molecule has 0 amide bonds. The zero-order valence-electron chi connectivity index (χ0n) is 13.3. The van der Waals surface area contributed by atoms with Gasteiger partial charge in [-0.15, -0.1) is 0 Å². The standard InChI is InChI=1S/C19H21BO3/c1-2-3-4-5-14-6-8-15(9-7-14)16-10-11-18-17(12-16)13-19(23-18)20(21)22/h6-13,21-22H,2-5H2,1H3. The molecule has 1 heterocycles. The molecule has 3 aromatic rings. The lowest BCUT2D eigenvalue weighted by Gasteiger charge is -2.05. The van der Waals surface area contributed by atoms with E-state index in [4.69, 9.17) is 4.42 Å². The van der Waals surface area contributed by atoms with Gasteiger partial charge >= 0.3 is 7.12 Å². The Bertz CT molecular complexity index is 775. The van der Waals surface area contributed by atoms with Crippen LogP contribution in [-0.4, -0.2) is 17.2 Å². The van der Waals surface area contributed by atoms with Crippen LogP contribution in [0.15, 0.2) is 52.9 Å². The summed E-state index contributed by atoms with van der Waals surface area (Å²) >= 11 is 0. The molecule has 0 saturated carbocycles. The Hall–Kier alpha value is -2.04. The molecule has 0 fully saturated rings. The van der Waals surface area contributed by atoms with Gasteiger partial charge in [-0.3, -0.25) is 0 Å². The molecule has 0 aliphatic rings. The highest BCUT2D eigenvalue weighted by molar-refractivity contribution is 6.57. The highest BCUT2D eigenvalue weighted by Gasteiger charge is 2.17. The number of rotatable bonds is 6. The minimum atomic E-state index is -1.58. The third-order valence-corrected chi connectivity index (χ3v) is 4.15. The van der Waals surface area contributed by atoms with Crippen LogP contribution in [0.1, 0.15) is 31.7 Å². The van der Waals surface area contributed by atoms with E-state index < -0.39 is 7.12 Å². The fraction of sp³-hybridized carbons (Fsp3) is 0.263. The van der Waals surface area contributed by atoms with Gasteiger partial charge in [-0.25, -0.2) is 0 Å². The number of unbranched alkanes of at least 4 members (excludes halogenated alkanes) is 2. The monoisotopic (exact) mass is 308 g/mol. The maximum absolute atomic E-state index is 9.19. The van der Waals surface area contributed by atoms with Crippen LogP contribution >= 0.6 is 0 Å². The zero-order chi connectivity index (χ0) is 16.2. The molecule has 3 nitrogen and oxygen atoms in total. The number of benzene rings is 2. The third-order valence-electron chi connectivity index (χ3n) is 4.15. The van der Waals surface area contributed by atoms with Gasteiger partial charge in [0.1, 0.15) is 11.2 Å².